The van der Waals surface area contributed by atoms with Crippen LogP contribution in [0.25, 0.3) is 18.2 Å². The summed E-state index contributed by atoms with van der Waals surface area (Å²) in [5.74, 6) is -0.632. The van der Waals surface area contributed by atoms with Gasteiger partial charge in [0.15, 0.2) is 40.6 Å². The molecule has 0 amide bonds. The first kappa shape index (κ1) is 34.9. The van der Waals surface area contributed by atoms with E-state index < -0.39 is 60.6 Å². The van der Waals surface area contributed by atoms with Gasteiger partial charge < -0.3 is 52.5 Å². The minimum atomic E-state index is -2.14. The highest BCUT2D eigenvalue weighted by Gasteiger charge is 2.56. The Labute approximate surface area is 301 Å². The standard InChI is InChI=1S/C38H32O15/c1-44-37(43)38(53-35(42)13-7-24-4-10-28-31(16-24)50-21-47-28)17-25(39)36(52-34(41)12-6-23-3-9-27-30(15-23)49-20-46-27)32(18-38)51-33(40)11-5-22-2-8-26-29(14-22)48-19-45-26/h2-16,25,32,36,39H,17-21H2,1H3/b11-5+,12-6+,13-7+/t25-,32-,36-,38+/m1/s1. The Morgan fingerprint density at radius 2 is 1.06 bits per heavy atom. The zero-order valence-corrected chi connectivity index (χ0v) is 28.1. The van der Waals surface area contributed by atoms with Crippen molar-refractivity contribution in [3.63, 3.8) is 0 Å². The van der Waals surface area contributed by atoms with Crippen molar-refractivity contribution in [2.75, 3.05) is 27.5 Å². The molecule has 0 spiro atoms. The summed E-state index contributed by atoms with van der Waals surface area (Å²) in [6, 6.07) is 15.1. The largest absolute Gasteiger partial charge is 0.466 e. The Bertz CT molecular complexity index is 2020. The van der Waals surface area contributed by atoms with Gasteiger partial charge in [0.05, 0.1) is 13.2 Å². The average molecular weight is 729 g/mol. The van der Waals surface area contributed by atoms with Gasteiger partial charge in [0.25, 0.3) is 0 Å². The van der Waals surface area contributed by atoms with E-state index in [1.165, 1.54) is 18.2 Å². The number of aliphatic hydroxyl groups is 1. The van der Waals surface area contributed by atoms with E-state index in [0.29, 0.717) is 51.2 Å². The highest BCUT2D eigenvalue weighted by Crippen LogP contribution is 2.38. The van der Waals surface area contributed by atoms with Crippen molar-refractivity contribution < 1.29 is 71.7 Å². The number of fused-ring (bicyclic) bond motifs is 3. The summed E-state index contributed by atoms with van der Waals surface area (Å²) in [5, 5.41) is 11.4. The molecule has 53 heavy (non-hydrogen) atoms. The van der Waals surface area contributed by atoms with Gasteiger partial charge in [-0.25, -0.2) is 19.2 Å². The van der Waals surface area contributed by atoms with E-state index >= 15 is 0 Å². The number of carbonyl (C=O) groups excluding carboxylic acids is 4. The molecule has 3 aliphatic heterocycles. The lowest BCUT2D eigenvalue weighted by molar-refractivity contribution is -0.214. The highest BCUT2D eigenvalue weighted by molar-refractivity contribution is 5.92. The van der Waals surface area contributed by atoms with Crippen LogP contribution in [0.1, 0.15) is 29.5 Å². The fourth-order valence-electron chi connectivity index (χ4n) is 6.10. The van der Waals surface area contributed by atoms with Crippen molar-refractivity contribution in [3.8, 4) is 34.5 Å². The number of ether oxygens (including phenoxy) is 10. The summed E-state index contributed by atoms with van der Waals surface area (Å²) in [6.07, 6.45) is 1.96. The number of esters is 4. The zero-order chi connectivity index (χ0) is 37.0. The van der Waals surface area contributed by atoms with Gasteiger partial charge >= 0.3 is 23.9 Å². The normalized spacial score (nSPS) is 22.3. The number of benzene rings is 3. The first-order valence-electron chi connectivity index (χ1n) is 16.3. The maximum Gasteiger partial charge on any atom is 0.350 e. The molecule has 3 aromatic carbocycles. The van der Waals surface area contributed by atoms with E-state index in [0.717, 1.165) is 25.3 Å². The molecule has 0 saturated heterocycles. The van der Waals surface area contributed by atoms with Gasteiger partial charge in [-0.05, 0) is 71.3 Å². The summed E-state index contributed by atoms with van der Waals surface area (Å²) < 4.78 is 54.0. The van der Waals surface area contributed by atoms with E-state index in [9.17, 15) is 24.3 Å². The van der Waals surface area contributed by atoms with Gasteiger partial charge in [0.2, 0.25) is 26.0 Å². The van der Waals surface area contributed by atoms with Crippen molar-refractivity contribution in [3.05, 3.63) is 89.5 Å². The molecule has 0 unspecified atom stereocenters. The lowest BCUT2D eigenvalue weighted by atomic mass is 9.79. The second-order valence-corrected chi connectivity index (χ2v) is 12.1. The number of hydrogen-bond donors (Lipinski definition) is 1. The second kappa shape index (κ2) is 15.0. The zero-order valence-electron chi connectivity index (χ0n) is 28.1. The van der Waals surface area contributed by atoms with Gasteiger partial charge in [-0.2, -0.15) is 0 Å². The van der Waals surface area contributed by atoms with Crippen LogP contribution in [0.2, 0.25) is 0 Å². The van der Waals surface area contributed by atoms with E-state index in [4.69, 9.17) is 47.4 Å². The van der Waals surface area contributed by atoms with Gasteiger partial charge in [0.1, 0.15) is 6.10 Å². The van der Waals surface area contributed by atoms with Crippen LogP contribution in [0.4, 0.5) is 0 Å². The van der Waals surface area contributed by atoms with Crippen LogP contribution in [-0.2, 0) is 38.1 Å². The van der Waals surface area contributed by atoms with Crippen LogP contribution < -0.4 is 28.4 Å². The van der Waals surface area contributed by atoms with Crippen molar-refractivity contribution >= 4 is 42.1 Å². The van der Waals surface area contributed by atoms with E-state index in [-0.39, 0.29) is 20.4 Å². The molecule has 3 heterocycles. The average Bonchev–Trinajstić information content (AvgIpc) is 3.94. The number of rotatable bonds is 10. The molecule has 274 valence electrons. The molecule has 15 heteroatoms. The van der Waals surface area contributed by atoms with Crippen LogP contribution in [0.3, 0.4) is 0 Å². The molecule has 0 radical (unpaired) electrons. The van der Waals surface area contributed by atoms with E-state index in [2.05, 4.69) is 0 Å². The number of hydrogen-bond acceptors (Lipinski definition) is 15. The third-order valence-electron chi connectivity index (χ3n) is 8.61. The fourth-order valence-corrected chi connectivity index (χ4v) is 6.10. The lowest BCUT2D eigenvalue weighted by Crippen LogP contribution is -2.60. The minimum Gasteiger partial charge on any atom is -0.466 e. The third-order valence-corrected chi connectivity index (χ3v) is 8.61. The fraction of sp³-hybridized carbons (Fsp3) is 0.263. The molecular weight excluding hydrogens is 696 g/mol. The van der Waals surface area contributed by atoms with Crippen molar-refractivity contribution in [1.82, 2.24) is 0 Å². The molecule has 0 bridgehead atoms. The Balaban J connectivity index is 1.10. The maximum absolute atomic E-state index is 13.3. The van der Waals surface area contributed by atoms with Crippen molar-refractivity contribution in [2.45, 2.75) is 36.8 Å². The number of aliphatic hydroxyl groups excluding tert-OH is 1. The molecule has 15 nitrogen and oxygen atoms in total. The topological polar surface area (TPSA) is 181 Å². The van der Waals surface area contributed by atoms with E-state index in [1.54, 1.807) is 54.6 Å². The monoisotopic (exact) mass is 728 g/mol. The van der Waals surface area contributed by atoms with Crippen LogP contribution in [0.15, 0.2) is 72.8 Å². The van der Waals surface area contributed by atoms with Crippen molar-refractivity contribution in [2.24, 2.45) is 0 Å². The summed E-state index contributed by atoms with van der Waals surface area (Å²) in [5.41, 5.74) is -0.387. The summed E-state index contributed by atoms with van der Waals surface area (Å²) >= 11 is 0. The molecule has 1 aliphatic carbocycles. The molecule has 7 rings (SSSR count). The van der Waals surface area contributed by atoms with Gasteiger partial charge in [-0.1, -0.05) is 18.2 Å². The third kappa shape index (κ3) is 7.89. The Morgan fingerprint density at radius 3 is 1.53 bits per heavy atom. The van der Waals surface area contributed by atoms with E-state index in [1.807, 2.05) is 0 Å². The molecule has 4 atom stereocenters. The molecular formula is C38H32O15. The predicted molar refractivity (Wildman–Crippen MR) is 181 cm³/mol. The molecule has 1 N–H and O–H groups in total. The molecule has 3 aromatic rings. The highest BCUT2D eigenvalue weighted by atomic mass is 16.7. The smallest absolute Gasteiger partial charge is 0.350 e. The lowest BCUT2D eigenvalue weighted by Gasteiger charge is -2.43. The van der Waals surface area contributed by atoms with Gasteiger partial charge in [0, 0.05) is 31.1 Å². The van der Waals surface area contributed by atoms with Gasteiger partial charge in [-0.15, -0.1) is 0 Å². The summed E-state index contributed by atoms with van der Waals surface area (Å²) in [4.78, 5) is 52.7. The summed E-state index contributed by atoms with van der Waals surface area (Å²) in [7, 11) is 1.08. The Hall–Kier alpha value is -6.48. The first-order valence-corrected chi connectivity index (χ1v) is 16.3. The van der Waals surface area contributed by atoms with Gasteiger partial charge in [-0.3, -0.25) is 0 Å². The van der Waals surface area contributed by atoms with Crippen LogP contribution in [-0.4, -0.2) is 80.4 Å². The first-order chi connectivity index (χ1) is 25.7. The molecule has 0 aromatic heterocycles. The number of carbonyl (C=O) groups is 4. The molecule has 4 aliphatic rings. The molecule has 1 fully saturated rings. The number of methoxy groups -OCH3 is 1. The van der Waals surface area contributed by atoms with Crippen molar-refractivity contribution in [1.29, 1.82) is 0 Å². The van der Waals surface area contributed by atoms with Crippen LogP contribution in [0.5, 0.6) is 34.5 Å². The quantitative estimate of drug-likeness (QED) is 0.181. The van der Waals surface area contributed by atoms with Crippen LogP contribution in [0, 0.1) is 0 Å². The second-order valence-electron chi connectivity index (χ2n) is 12.1. The molecule has 1 saturated carbocycles. The minimum absolute atomic E-state index is 0.0704. The van der Waals surface area contributed by atoms with Crippen LogP contribution >= 0.6 is 0 Å². The predicted octanol–water partition coefficient (Wildman–Crippen LogP) is 3.75. The Kier molecular flexibility index (Phi) is 9.90. The summed E-state index contributed by atoms with van der Waals surface area (Å²) in [6.45, 7) is 0.219. The SMILES string of the molecule is COC(=O)[C@]1(OC(=O)/C=C/c2ccc3c(c2)OCO3)C[C@@H](O)[C@@H](OC(=O)/C=C/c2ccc3c(c2)OCO3)[C@H](OC(=O)/C=C/c2ccc3c(c2)OCO3)C1. The Morgan fingerprint density at radius 1 is 0.623 bits per heavy atom. The maximum atomic E-state index is 13.3.